The molecule has 0 saturated heterocycles. The number of ether oxygens (including phenoxy) is 1. The van der Waals surface area contributed by atoms with Gasteiger partial charge in [0.05, 0.1) is 11.1 Å². The Morgan fingerprint density at radius 2 is 1.68 bits per heavy atom. The predicted molar refractivity (Wildman–Crippen MR) is 117 cm³/mol. The Hall–Kier alpha value is -0.970. The SMILES string of the molecule is COC1C2CC3(C(=S)N[C@H]4CC[C@H](N)CC4)CC1CC(c1ccccc1)(C2)C3. The van der Waals surface area contributed by atoms with Gasteiger partial charge in [0.15, 0.2) is 0 Å². The van der Waals surface area contributed by atoms with Crippen LogP contribution in [0.3, 0.4) is 0 Å². The molecule has 3 nitrogen and oxygen atoms in total. The topological polar surface area (TPSA) is 47.3 Å². The Kier molecular flexibility index (Phi) is 4.80. The lowest BCUT2D eigenvalue weighted by molar-refractivity contribution is -0.138. The summed E-state index contributed by atoms with van der Waals surface area (Å²) in [4.78, 5) is 1.15. The lowest BCUT2D eigenvalue weighted by atomic mass is 9.42. The first kappa shape index (κ1) is 19.0. The molecule has 3 N–H and O–H groups in total. The molecule has 0 spiro atoms. The standard InChI is InChI=1S/C24H34N2OS/c1-27-21-16-11-23(18-5-3-2-4-6-18)12-17(21)14-24(13-16,15-23)22(28)26-20-9-7-19(25)8-10-20/h2-6,16-17,19-21H,7-15,25H2,1H3,(H,26,28)/t16?,17?,19-,20-,21?,23?,24?. The Bertz CT molecular complexity index is 711. The Morgan fingerprint density at radius 3 is 2.29 bits per heavy atom. The number of rotatable bonds is 4. The van der Waals surface area contributed by atoms with Gasteiger partial charge in [0, 0.05) is 24.6 Å². The average molecular weight is 399 g/mol. The highest BCUT2D eigenvalue weighted by molar-refractivity contribution is 7.80. The second-order valence-corrected chi connectivity index (χ2v) is 10.6. The van der Waals surface area contributed by atoms with Crippen LogP contribution in [0.5, 0.6) is 0 Å². The molecule has 5 aliphatic carbocycles. The van der Waals surface area contributed by atoms with Gasteiger partial charge in [0.25, 0.3) is 0 Å². The molecule has 0 radical (unpaired) electrons. The molecule has 152 valence electrons. The summed E-state index contributed by atoms with van der Waals surface area (Å²) in [6.45, 7) is 0. The van der Waals surface area contributed by atoms with Crippen LogP contribution in [-0.2, 0) is 10.2 Å². The zero-order chi connectivity index (χ0) is 19.4. The molecule has 0 amide bonds. The minimum atomic E-state index is 0.158. The molecule has 6 rings (SSSR count). The van der Waals surface area contributed by atoms with E-state index < -0.39 is 0 Å². The highest BCUT2D eigenvalue weighted by Crippen LogP contribution is 2.66. The number of methoxy groups -OCH3 is 1. The molecule has 0 heterocycles. The van der Waals surface area contributed by atoms with Crippen molar-refractivity contribution in [3.63, 3.8) is 0 Å². The Labute approximate surface area is 174 Å². The summed E-state index contributed by atoms with van der Waals surface area (Å²) in [6, 6.07) is 12.1. The lowest BCUT2D eigenvalue weighted by Gasteiger charge is -2.64. The summed E-state index contributed by atoms with van der Waals surface area (Å²) in [5.74, 6) is 1.26. The van der Waals surface area contributed by atoms with E-state index in [0.717, 1.165) is 30.7 Å². The third-order valence-electron chi connectivity index (χ3n) is 8.46. The van der Waals surface area contributed by atoms with Crippen molar-refractivity contribution in [1.29, 1.82) is 0 Å². The number of hydrogen-bond acceptors (Lipinski definition) is 3. The number of thiocarbonyl (C=S) groups is 1. The van der Waals surface area contributed by atoms with Crippen LogP contribution < -0.4 is 11.1 Å². The van der Waals surface area contributed by atoms with Crippen LogP contribution in [0.1, 0.15) is 63.4 Å². The second-order valence-electron chi connectivity index (χ2n) is 10.2. The van der Waals surface area contributed by atoms with Crippen LogP contribution >= 0.6 is 12.2 Å². The van der Waals surface area contributed by atoms with E-state index in [1.807, 2.05) is 7.11 Å². The lowest BCUT2D eigenvalue weighted by Crippen LogP contribution is -2.64. The van der Waals surface area contributed by atoms with Gasteiger partial charge in [-0.2, -0.15) is 0 Å². The maximum absolute atomic E-state index is 6.15. The summed E-state index contributed by atoms with van der Waals surface area (Å²) in [5, 5.41) is 3.83. The average Bonchev–Trinajstić information content (AvgIpc) is 2.70. The van der Waals surface area contributed by atoms with Gasteiger partial charge in [-0.1, -0.05) is 42.5 Å². The first-order valence-corrected chi connectivity index (χ1v) is 11.6. The van der Waals surface area contributed by atoms with E-state index in [1.165, 1.54) is 37.7 Å². The molecular weight excluding hydrogens is 364 g/mol. The van der Waals surface area contributed by atoms with Gasteiger partial charge < -0.3 is 15.8 Å². The smallest absolute Gasteiger partial charge is 0.0818 e. The fourth-order valence-electron chi connectivity index (χ4n) is 7.49. The van der Waals surface area contributed by atoms with Gasteiger partial charge >= 0.3 is 0 Å². The van der Waals surface area contributed by atoms with E-state index in [-0.39, 0.29) is 10.8 Å². The van der Waals surface area contributed by atoms with Gasteiger partial charge in [0.1, 0.15) is 0 Å². The first-order valence-electron chi connectivity index (χ1n) is 11.2. The zero-order valence-electron chi connectivity index (χ0n) is 17.0. The van der Waals surface area contributed by atoms with Gasteiger partial charge in [-0.15, -0.1) is 0 Å². The third-order valence-corrected chi connectivity index (χ3v) is 9.02. The number of hydrogen-bond donors (Lipinski definition) is 2. The highest BCUT2D eigenvalue weighted by Gasteiger charge is 2.63. The van der Waals surface area contributed by atoms with Gasteiger partial charge in [-0.25, -0.2) is 0 Å². The summed E-state index contributed by atoms with van der Waals surface area (Å²) in [6.07, 6.45) is 11.1. The minimum Gasteiger partial charge on any atom is -0.381 e. The molecule has 1 aromatic carbocycles. The predicted octanol–water partition coefficient (Wildman–Crippen LogP) is 4.34. The van der Waals surface area contributed by atoms with Gasteiger partial charge in [-0.3, -0.25) is 0 Å². The third kappa shape index (κ3) is 3.03. The maximum Gasteiger partial charge on any atom is 0.0818 e. The van der Waals surface area contributed by atoms with Gasteiger partial charge in [0.2, 0.25) is 0 Å². The molecule has 2 unspecified atom stereocenters. The Balaban J connectivity index is 1.42. The van der Waals surface area contributed by atoms with Crippen molar-refractivity contribution in [2.24, 2.45) is 23.0 Å². The Morgan fingerprint density at radius 1 is 1.04 bits per heavy atom. The molecule has 0 aromatic heterocycles. The van der Waals surface area contributed by atoms with Crippen LogP contribution in [0.4, 0.5) is 0 Å². The van der Waals surface area contributed by atoms with Crippen molar-refractivity contribution < 1.29 is 4.74 Å². The van der Waals surface area contributed by atoms with E-state index in [0.29, 0.717) is 30.0 Å². The van der Waals surface area contributed by atoms with E-state index in [9.17, 15) is 0 Å². The first-order chi connectivity index (χ1) is 13.5. The molecule has 5 aliphatic rings. The normalized spacial score (nSPS) is 44.4. The van der Waals surface area contributed by atoms with E-state index in [2.05, 4.69) is 35.6 Å². The zero-order valence-corrected chi connectivity index (χ0v) is 17.8. The quantitative estimate of drug-likeness (QED) is 0.741. The van der Waals surface area contributed by atoms with Crippen molar-refractivity contribution in [2.45, 2.75) is 81.4 Å². The van der Waals surface area contributed by atoms with Crippen molar-refractivity contribution >= 4 is 17.2 Å². The van der Waals surface area contributed by atoms with E-state index in [4.69, 9.17) is 22.7 Å². The van der Waals surface area contributed by atoms with Crippen LogP contribution in [0, 0.1) is 17.3 Å². The van der Waals surface area contributed by atoms with Crippen molar-refractivity contribution in [2.75, 3.05) is 7.11 Å². The fourth-order valence-corrected chi connectivity index (χ4v) is 7.89. The second kappa shape index (κ2) is 7.07. The number of nitrogens with two attached hydrogens (primary N) is 1. The molecule has 5 saturated carbocycles. The van der Waals surface area contributed by atoms with Gasteiger partial charge in [-0.05, 0) is 80.6 Å². The summed E-state index contributed by atoms with van der Waals surface area (Å²) in [5.41, 5.74) is 8.07. The summed E-state index contributed by atoms with van der Waals surface area (Å²) < 4.78 is 6.02. The maximum atomic E-state index is 6.15. The number of nitrogens with one attached hydrogen (secondary N) is 1. The molecule has 5 fully saturated rings. The molecule has 4 bridgehead atoms. The highest BCUT2D eigenvalue weighted by atomic mass is 32.1. The monoisotopic (exact) mass is 398 g/mol. The molecular formula is C24H34N2OS. The van der Waals surface area contributed by atoms with E-state index in [1.54, 1.807) is 0 Å². The van der Waals surface area contributed by atoms with Crippen LogP contribution in [0.25, 0.3) is 0 Å². The fraction of sp³-hybridized carbons (Fsp3) is 0.708. The molecule has 2 atom stereocenters. The van der Waals surface area contributed by atoms with E-state index >= 15 is 0 Å². The van der Waals surface area contributed by atoms with Crippen LogP contribution in [0.15, 0.2) is 30.3 Å². The summed E-state index contributed by atoms with van der Waals surface area (Å²) >= 11 is 6.15. The van der Waals surface area contributed by atoms with Crippen molar-refractivity contribution in [1.82, 2.24) is 5.32 Å². The van der Waals surface area contributed by atoms with Crippen LogP contribution in [-0.4, -0.2) is 30.3 Å². The van der Waals surface area contributed by atoms with Crippen LogP contribution in [0.2, 0.25) is 0 Å². The minimum absolute atomic E-state index is 0.158. The largest absolute Gasteiger partial charge is 0.381 e. The molecule has 1 aromatic rings. The summed E-state index contributed by atoms with van der Waals surface area (Å²) in [7, 11) is 1.91. The molecule has 28 heavy (non-hydrogen) atoms. The molecule has 4 heteroatoms. The number of benzene rings is 1. The van der Waals surface area contributed by atoms with Crippen molar-refractivity contribution in [3.8, 4) is 0 Å². The van der Waals surface area contributed by atoms with Crippen molar-refractivity contribution in [3.05, 3.63) is 35.9 Å². The molecule has 0 aliphatic heterocycles.